The minimum absolute atomic E-state index is 0.595. The van der Waals surface area contributed by atoms with E-state index in [1.807, 2.05) is 0 Å². The second-order valence-corrected chi connectivity index (χ2v) is 5.34. The van der Waals surface area contributed by atoms with Crippen molar-refractivity contribution >= 4 is 5.69 Å². The maximum atomic E-state index is 3.64. The van der Waals surface area contributed by atoms with Crippen LogP contribution < -0.4 is 5.32 Å². The van der Waals surface area contributed by atoms with Gasteiger partial charge in [-0.15, -0.1) is 0 Å². The van der Waals surface area contributed by atoms with E-state index in [0.717, 1.165) is 0 Å². The highest BCUT2D eigenvalue weighted by Crippen LogP contribution is 2.22. The van der Waals surface area contributed by atoms with Crippen LogP contribution in [0.5, 0.6) is 0 Å². The molecular formula is C19H25N. The van der Waals surface area contributed by atoms with Gasteiger partial charge in [0.25, 0.3) is 0 Å². The molecule has 0 radical (unpaired) electrons. The van der Waals surface area contributed by atoms with Crippen LogP contribution in [0.4, 0.5) is 5.69 Å². The van der Waals surface area contributed by atoms with Gasteiger partial charge in [0.2, 0.25) is 0 Å². The standard InChI is InChI=1S/C19H25N/c1-3-5-11-18(4-2)20-19-14-12-17(13-15-19)16-9-7-6-8-10-16/h6-10,12-15,18,20H,3-5,11H2,1-2H3. The molecule has 0 aliphatic rings. The first kappa shape index (κ1) is 14.6. The fourth-order valence-electron chi connectivity index (χ4n) is 2.45. The van der Waals surface area contributed by atoms with Gasteiger partial charge in [0.1, 0.15) is 0 Å². The number of rotatable bonds is 7. The zero-order valence-corrected chi connectivity index (χ0v) is 12.6. The van der Waals surface area contributed by atoms with Crippen molar-refractivity contribution < 1.29 is 0 Å². The van der Waals surface area contributed by atoms with Crippen LogP contribution in [0.15, 0.2) is 54.6 Å². The molecule has 1 nitrogen and oxygen atoms in total. The van der Waals surface area contributed by atoms with E-state index in [1.54, 1.807) is 0 Å². The maximum Gasteiger partial charge on any atom is 0.0342 e. The van der Waals surface area contributed by atoms with Gasteiger partial charge in [-0.05, 0) is 36.1 Å². The normalized spacial score (nSPS) is 12.1. The first-order chi connectivity index (χ1) is 9.83. The van der Waals surface area contributed by atoms with E-state index < -0.39 is 0 Å². The van der Waals surface area contributed by atoms with E-state index in [1.165, 1.54) is 42.5 Å². The van der Waals surface area contributed by atoms with Crippen molar-refractivity contribution in [1.82, 2.24) is 0 Å². The molecule has 0 aromatic heterocycles. The number of hydrogen-bond acceptors (Lipinski definition) is 1. The third-order valence-corrected chi connectivity index (χ3v) is 3.76. The van der Waals surface area contributed by atoms with Crippen molar-refractivity contribution in [1.29, 1.82) is 0 Å². The lowest BCUT2D eigenvalue weighted by atomic mass is 10.0. The van der Waals surface area contributed by atoms with E-state index in [4.69, 9.17) is 0 Å². The second kappa shape index (κ2) is 7.74. The molecule has 0 saturated heterocycles. The molecule has 0 aliphatic heterocycles. The van der Waals surface area contributed by atoms with Gasteiger partial charge in [0.15, 0.2) is 0 Å². The molecule has 0 fully saturated rings. The summed E-state index contributed by atoms with van der Waals surface area (Å²) in [5, 5.41) is 3.64. The van der Waals surface area contributed by atoms with Crippen LogP contribution in [-0.4, -0.2) is 6.04 Å². The molecule has 2 rings (SSSR count). The second-order valence-electron chi connectivity index (χ2n) is 5.34. The third-order valence-electron chi connectivity index (χ3n) is 3.76. The van der Waals surface area contributed by atoms with Gasteiger partial charge in [0.05, 0.1) is 0 Å². The molecule has 0 spiro atoms. The molecule has 20 heavy (non-hydrogen) atoms. The predicted molar refractivity (Wildman–Crippen MR) is 89.1 cm³/mol. The lowest BCUT2D eigenvalue weighted by Crippen LogP contribution is -2.18. The summed E-state index contributed by atoms with van der Waals surface area (Å²) in [7, 11) is 0. The Hall–Kier alpha value is -1.76. The Balaban J connectivity index is 2.01. The van der Waals surface area contributed by atoms with E-state index in [9.17, 15) is 0 Å². The topological polar surface area (TPSA) is 12.0 Å². The zero-order valence-electron chi connectivity index (χ0n) is 12.6. The molecule has 2 aromatic carbocycles. The van der Waals surface area contributed by atoms with Crippen molar-refractivity contribution in [2.45, 2.75) is 45.6 Å². The molecule has 1 unspecified atom stereocenters. The van der Waals surface area contributed by atoms with Crippen molar-refractivity contribution in [3.05, 3.63) is 54.6 Å². The molecule has 1 N–H and O–H groups in total. The Morgan fingerprint density at radius 1 is 0.850 bits per heavy atom. The van der Waals surface area contributed by atoms with E-state index in [2.05, 4.69) is 73.8 Å². The van der Waals surface area contributed by atoms with Crippen molar-refractivity contribution in [3.8, 4) is 11.1 Å². The summed E-state index contributed by atoms with van der Waals surface area (Å²) in [5.74, 6) is 0. The molecule has 0 amide bonds. The summed E-state index contributed by atoms with van der Waals surface area (Å²) in [4.78, 5) is 0. The molecule has 0 aliphatic carbocycles. The maximum absolute atomic E-state index is 3.64. The van der Waals surface area contributed by atoms with Crippen molar-refractivity contribution in [3.63, 3.8) is 0 Å². The molecule has 0 heterocycles. The minimum atomic E-state index is 0.595. The van der Waals surface area contributed by atoms with Gasteiger partial charge in [-0.2, -0.15) is 0 Å². The smallest absolute Gasteiger partial charge is 0.0342 e. The van der Waals surface area contributed by atoms with Crippen LogP contribution in [0.2, 0.25) is 0 Å². The van der Waals surface area contributed by atoms with Gasteiger partial charge in [0, 0.05) is 11.7 Å². The first-order valence-corrected chi connectivity index (χ1v) is 7.75. The Kier molecular flexibility index (Phi) is 5.67. The monoisotopic (exact) mass is 267 g/mol. The number of benzene rings is 2. The van der Waals surface area contributed by atoms with E-state index >= 15 is 0 Å². The van der Waals surface area contributed by atoms with Gasteiger partial charge in [-0.1, -0.05) is 69.2 Å². The number of unbranched alkanes of at least 4 members (excludes halogenated alkanes) is 1. The predicted octanol–water partition coefficient (Wildman–Crippen LogP) is 5.73. The lowest BCUT2D eigenvalue weighted by Gasteiger charge is -2.18. The van der Waals surface area contributed by atoms with Gasteiger partial charge in [-0.25, -0.2) is 0 Å². The molecule has 106 valence electrons. The largest absolute Gasteiger partial charge is 0.382 e. The first-order valence-electron chi connectivity index (χ1n) is 7.75. The third kappa shape index (κ3) is 4.12. The van der Waals surface area contributed by atoms with Crippen molar-refractivity contribution in [2.24, 2.45) is 0 Å². The average molecular weight is 267 g/mol. The Bertz CT molecular complexity index is 487. The van der Waals surface area contributed by atoms with Gasteiger partial charge < -0.3 is 5.32 Å². The summed E-state index contributed by atoms with van der Waals surface area (Å²) in [6.45, 7) is 4.51. The van der Waals surface area contributed by atoms with Crippen LogP contribution >= 0.6 is 0 Å². The molecule has 0 saturated carbocycles. The van der Waals surface area contributed by atoms with Crippen molar-refractivity contribution in [2.75, 3.05) is 5.32 Å². The lowest BCUT2D eigenvalue weighted by molar-refractivity contribution is 0.593. The summed E-state index contributed by atoms with van der Waals surface area (Å²) >= 11 is 0. The molecule has 1 heteroatoms. The quantitative estimate of drug-likeness (QED) is 0.675. The van der Waals surface area contributed by atoms with Crippen LogP contribution in [0, 0.1) is 0 Å². The Morgan fingerprint density at radius 2 is 1.50 bits per heavy atom. The summed E-state index contributed by atoms with van der Waals surface area (Å²) in [6, 6.07) is 19.9. The van der Waals surface area contributed by atoms with Crippen LogP contribution in [-0.2, 0) is 0 Å². The molecule has 1 atom stereocenters. The minimum Gasteiger partial charge on any atom is -0.382 e. The number of anilines is 1. The fourth-order valence-corrected chi connectivity index (χ4v) is 2.45. The Labute approximate surface area is 123 Å². The van der Waals surface area contributed by atoms with E-state index in [-0.39, 0.29) is 0 Å². The fraction of sp³-hybridized carbons (Fsp3) is 0.368. The highest BCUT2D eigenvalue weighted by Gasteiger charge is 2.05. The summed E-state index contributed by atoms with van der Waals surface area (Å²) < 4.78 is 0. The molecule has 0 bridgehead atoms. The summed E-state index contributed by atoms with van der Waals surface area (Å²) in [6.07, 6.45) is 5.01. The van der Waals surface area contributed by atoms with Gasteiger partial charge >= 0.3 is 0 Å². The molecular weight excluding hydrogens is 242 g/mol. The van der Waals surface area contributed by atoms with Gasteiger partial charge in [-0.3, -0.25) is 0 Å². The van der Waals surface area contributed by atoms with E-state index in [0.29, 0.717) is 6.04 Å². The Morgan fingerprint density at radius 3 is 2.10 bits per heavy atom. The number of nitrogens with one attached hydrogen (secondary N) is 1. The van der Waals surface area contributed by atoms with Crippen LogP contribution in [0.1, 0.15) is 39.5 Å². The van der Waals surface area contributed by atoms with Crippen LogP contribution in [0.3, 0.4) is 0 Å². The zero-order chi connectivity index (χ0) is 14.2. The number of hydrogen-bond donors (Lipinski definition) is 1. The van der Waals surface area contributed by atoms with Crippen LogP contribution in [0.25, 0.3) is 11.1 Å². The summed E-state index contributed by atoms with van der Waals surface area (Å²) in [5.41, 5.74) is 3.78. The molecule has 2 aromatic rings. The average Bonchev–Trinajstić information content (AvgIpc) is 2.53. The SMILES string of the molecule is CCCCC(CC)Nc1ccc(-c2ccccc2)cc1. The highest BCUT2D eigenvalue weighted by atomic mass is 14.9. The highest BCUT2D eigenvalue weighted by molar-refractivity contribution is 5.65.